The molecule has 0 bridgehead atoms. The summed E-state index contributed by atoms with van der Waals surface area (Å²) in [5, 5.41) is 0. The molecular formula is C75H150N3S6Sb. The van der Waals surface area contributed by atoms with Crippen LogP contribution in [0.1, 0.15) is 427 Å². The summed E-state index contributed by atoms with van der Waals surface area (Å²) in [6.07, 6.45) is 82.7. The van der Waals surface area contributed by atoms with E-state index in [-0.39, 0.29) is 0 Å². The fourth-order valence-electron chi connectivity index (χ4n) is 12.0. The first-order valence-corrected chi connectivity index (χ1v) is 51.5. The van der Waals surface area contributed by atoms with Gasteiger partial charge in [0.05, 0.1) is 0 Å². The van der Waals surface area contributed by atoms with Crippen LogP contribution >= 0.6 is 63.2 Å². The van der Waals surface area contributed by atoms with Gasteiger partial charge in [-0.2, -0.15) is 0 Å². The second-order valence-corrected chi connectivity index (χ2v) is 48.0. The predicted octanol–water partition coefficient (Wildman–Crippen LogP) is 28.5. The summed E-state index contributed by atoms with van der Waals surface area (Å²) < 4.78 is 3.52. The molecule has 3 nitrogen and oxygen atoms in total. The van der Waals surface area contributed by atoms with E-state index < -0.39 is 16.0 Å². The minimum Gasteiger partial charge on any atom is -0.0654 e. The quantitative estimate of drug-likeness (QED) is 0.0332. The van der Waals surface area contributed by atoms with Crippen molar-refractivity contribution < 1.29 is 0 Å². The van der Waals surface area contributed by atoms with Gasteiger partial charge in [0.1, 0.15) is 0 Å². The van der Waals surface area contributed by atoms with Crippen molar-refractivity contribution >= 4 is 92.2 Å². The molecule has 0 radical (unpaired) electrons. The monoisotopic (exact) mass is 1410 g/mol. The van der Waals surface area contributed by atoms with Crippen LogP contribution in [0, 0.1) is 0 Å². The molecule has 0 aliphatic rings. The van der Waals surface area contributed by atoms with Crippen molar-refractivity contribution in [3.8, 4) is 0 Å². The summed E-state index contributed by atoms with van der Waals surface area (Å²) in [5.74, 6) is 0. The van der Waals surface area contributed by atoms with Crippen molar-refractivity contribution in [2.24, 2.45) is 0 Å². The van der Waals surface area contributed by atoms with Gasteiger partial charge in [0.2, 0.25) is 0 Å². The Labute approximate surface area is 567 Å². The molecule has 0 heterocycles. The Bertz CT molecular complexity index is 1130. The van der Waals surface area contributed by atoms with Crippen LogP contribution in [0.15, 0.2) is 0 Å². The van der Waals surface area contributed by atoms with Crippen LogP contribution in [-0.4, -0.2) is 82.9 Å². The number of nitrogens with zero attached hydrogens (tertiary/aromatic N) is 3. The van der Waals surface area contributed by atoms with E-state index in [4.69, 9.17) is 36.7 Å². The van der Waals surface area contributed by atoms with Gasteiger partial charge in [0, 0.05) is 0 Å². The minimum absolute atomic E-state index is 1.12. The van der Waals surface area contributed by atoms with Crippen molar-refractivity contribution in [2.75, 3.05) is 39.3 Å². The van der Waals surface area contributed by atoms with E-state index in [1.807, 2.05) is 0 Å². The Morgan fingerprint density at radius 2 is 0.294 bits per heavy atom. The Balaban J connectivity index is 6.53. The predicted molar refractivity (Wildman–Crippen MR) is 412 cm³/mol. The van der Waals surface area contributed by atoms with Crippen LogP contribution in [0.2, 0.25) is 0 Å². The topological polar surface area (TPSA) is 9.72 Å². The van der Waals surface area contributed by atoms with Gasteiger partial charge in [0.15, 0.2) is 0 Å². The van der Waals surface area contributed by atoms with Gasteiger partial charge in [-0.05, 0) is 0 Å². The first-order valence-electron chi connectivity index (χ1n) is 38.6. The molecule has 0 saturated heterocycles. The summed E-state index contributed by atoms with van der Waals surface area (Å²) >= 11 is 17.8. The third-order valence-electron chi connectivity index (χ3n) is 17.9. The van der Waals surface area contributed by atoms with Crippen molar-refractivity contribution in [1.29, 1.82) is 0 Å². The zero-order valence-electron chi connectivity index (χ0n) is 58.4. The number of unbranched alkanes of at least 4 members (excludes halogenated alkanes) is 54. The number of hydrogen-bond donors (Lipinski definition) is 0. The Hall–Kier alpha value is 1.54. The van der Waals surface area contributed by atoms with E-state index in [0.29, 0.717) is 0 Å². The van der Waals surface area contributed by atoms with E-state index in [1.54, 1.807) is 0 Å². The molecule has 0 aromatic rings. The average Bonchev–Trinajstić information content (AvgIpc) is 3.53. The van der Waals surface area contributed by atoms with Gasteiger partial charge < -0.3 is 0 Å². The molecule has 0 atom stereocenters. The SMILES string of the molecule is CCCCCCCCCCCCN(CCCCCCCCCCCC)C(=S)[S][Sb]([S]C(=S)N(CCCCCCCCCCCC)CCCCCCCCCCCC)[S]C(=S)N(CCCCCCCCCCCC)CCCCCCCCCCCC. The molecule has 0 saturated carbocycles. The fourth-order valence-corrected chi connectivity index (χ4v) is 42.2. The van der Waals surface area contributed by atoms with E-state index in [0.717, 1.165) is 39.3 Å². The molecule has 0 spiro atoms. The molecular weight excluding hydrogens is 1260 g/mol. The number of hydrogen-bond acceptors (Lipinski definition) is 6. The summed E-state index contributed by atoms with van der Waals surface area (Å²) in [5.41, 5.74) is 0. The van der Waals surface area contributed by atoms with Gasteiger partial charge in [-0.25, -0.2) is 0 Å². The van der Waals surface area contributed by atoms with Gasteiger partial charge in [-0.15, -0.1) is 0 Å². The second kappa shape index (κ2) is 73.0. The summed E-state index contributed by atoms with van der Waals surface area (Å²) in [6, 6.07) is 0. The minimum atomic E-state index is -2.40. The molecule has 0 aromatic heterocycles. The molecule has 10 heteroatoms. The molecule has 85 heavy (non-hydrogen) atoms. The van der Waals surface area contributed by atoms with Crippen molar-refractivity contribution in [3.63, 3.8) is 0 Å². The van der Waals surface area contributed by atoms with Crippen molar-refractivity contribution in [2.45, 2.75) is 427 Å². The van der Waals surface area contributed by atoms with Crippen molar-refractivity contribution in [1.82, 2.24) is 14.7 Å². The molecule has 506 valence electrons. The van der Waals surface area contributed by atoms with Crippen molar-refractivity contribution in [3.05, 3.63) is 0 Å². The normalized spacial score (nSPS) is 11.6. The molecule has 0 N–H and O–H groups in total. The Kier molecular flexibility index (Phi) is 74.3. The molecule has 0 rings (SSSR count). The van der Waals surface area contributed by atoms with E-state index in [1.165, 1.54) is 398 Å². The Morgan fingerprint density at radius 1 is 0.188 bits per heavy atom. The van der Waals surface area contributed by atoms with E-state index in [2.05, 4.69) is 82.8 Å². The van der Waals surface area contributed by atoms with Gasteiger partial charge in [0.25, 0.3) is 0 Å². The van der Waals surface area contributed by atoms with Gasteiger partial charge in [-0.1, -0.05) is 119 Å². The van der Waals surface area contributed by atoms with E-state index in [9.17, 15) is 0 Å². The molecule has 0 unspecified atom stereocenters. The zero-order valence-corrected chi connectivity index (χ0v) is 65.9. The summed E-state index contributed by atoms with van der Waals surface area (Å²) in [4.78, 5) is 8.07. The summed E-state index contributed by atoms with van der Waals surface area (Å²) in [6.45, 7) is 20.7. The van der Waals surface area contributed by atoms with Gasteiger partial charge in [-0.3, -0.25) is 0 Å². The number of thiocarbonyl (C=S) groups is 3. The molecule has 0 aliphatic carbocycles. The van der Waals surface area contributed by atoms with Gasteiger partial charge >= 0.3 is 454 Å². The molecule has 0 aliphatic heterocycles. The van der Waals surface area contributed by atoms with Crippen LogP contribution in [0.4, 0.5) is 0 Å². The maximum atomic E-state index is 6.72. The molecule has 0 fully saturated rings. The number of rotatable bonds is 69. The molecule has 0 amide bonds. The third kappa shape index (κ3) is 62.7. The second-order valence-electron chi connectivity index (χ2n) is 26.3. The fraction of sp³-hybridized carbons (Fsp3) is 0.960. The first-order chi connectivity index (χ1) is 41.9. The Morgan fingerprint density at radius 3 is 0.412 bits per heavy atom. The average molecular weight is 1410 g/mol. The van der Waals surface area contributed by atoms with Crippen LogP contribution in [0.3, 0.4) is 0 Å². The maximum absolute atomic E-state index is 6.72. The first kappa shape index (κ1) is 86.5. The van der Waals surface area contributed by atoms with E-state index >= 15 is 0 Å². The summed E-state index contributed by atoms with van der Waals surface area (Å²) in [7, 11) is 6.37. The van der Waals surface area contributed by atoms with Crippen LogP contribution in [0.25, 0.3) is 0 Å². The zero-order chi connectivity index (χ0) is 61.8. The standard InChI is InChI=1S/3C25H51NS2.Sb/c3*1-3-5-7-9-11-13-15-17-19-21-23-26(25(27)28)24-22-20-18-16-14-12-10-8-6-4-2;/h3*3-24H2,1-2H3,(H,27,28);/q;;;+3/p-3. The van der Waals surface area contributed by atoms with Crippen LogP contribution in [-0.2, 0) is 0 Å². The molecule has 0 aromatic carbocycles. The smallest absolute Gasteiger partial charge is 0.0654 e. The van der Waals surface area contributed by atoms with Crippen LogP contribution in [0.5, 0.6) is 0 Å². The van der Waals surface area contributed by atoms with Crippen LogP contribution < -0.4 is 0 Å². The third-order valence-corrected chi connectivity index (χ3v) is 41.7.